The molecule has 1 aliphatic heterocycles. The predicted molar refractivity (Wildman–Crippen MR) is 67.7 cm³/mol. The number of likely N-dealkylation sites (tertiary alicyclic amines) is 1. The molecule has 17 heavy (non-hydrogen) atoms. The van der Waals surface area contributed by atoms with Crippen LogP contribution < -0.4 is 5.73 Å². The lowest BCUT2D eigenvalue weighted by atomic mass is 9.71. The molecule has 1 heterocycles. The van der Waals surface area contributed by atoms with Crippen LogP contribution in [-0.4, -0.2) is 50.1 Å². The fourth-order valence-corrected chi connectivity index (χ4v) is 3.49. The molecule has 2 aliphatic rings. The summed E-state index contributed by atoms with van der Waals surface area (Å²) < 4.78 is 10.9. The zero-order valence-corrected chi connectivity index (χ0v) is 11.4. The van der Waals surface area contributed by atoms with E-state index >= 15 is 0 Å². The van der Waals surface area contributed by atoms with Crippen LogP contribution in [0, 0.1) is 5.92 Å². The Balaban J connectivity index is 2.06. The predicted octanol–water partition coefficient (Wildman–Crippen LogP) is 1.20. The third-order valence-electron chi connectivity index (χ3n) is 5.00. The van der Waals surface area contributed by atoms with E-state index in [0.717, 1.165) is 19.6 Å². The van der Waals surface area contributed by atoms with Crippen molar-refractivity contribution in [3.05, 3.63) is 0 Å². The fourth-order valence-electron chi connectivity index (χ4n) is 3.49. The summed E-state index contributed by atoms with van der Waals surface area (Å²) in [5.74, 6) is 0.284. The highest BCUT2D eigenvalue weighted by Gasteiger charge is 2.54. The van der Waals surface area contributed by atoms with Gasteiger partial charge in [0.05, 0.1) is 13.1 Å². The number of methoxy groups -OCH3 is 2. The third-order valence-corrected chi connectivity index (χ3v) is 5.00. The van der Waals surface area contributed by atoms with Gasteiger partial charge in [-0.05, 0) is 18.8 Å². The summed E-state index contributed by atoms with van der Waals surface area (Å²) in [5, 5.41) is 0. The Morgan fingerprint density at radius 3 is 2.35 bits per heavy atom. The van der Waals surface area contributed by atoms with E-state index in [9.17, 15) is 0 Å². The van der Waals surface area contributed by atoms with Crippen LogP contribution in [0.5, 0.6) is 0 Å². The van der Waals surface area contributed by atoms with Crippen LogP contribution in [0.25, 0.3) is 0 Å². The molecule has 0 aromatic heterocycles. The second-order valence-electron chi connectivity index (χ2n) is 5.63. The van der Waals surface area contributed by atoms with E-state index in [1.165, 1.54) is 25.7 Å². The highest BCUT2D eigenvalue weighted by atomic mass is 16.7. The normalized spacial score (nSPS) is 37.8. The molecule has 0 amide bonds. The van der Waals surface area contributed by atoms with Crippen molar-refractivity contribution in [1.29, 1.82) is 0 Å². The van der Waals surface area contributed by atoms with Crippen molar-refractivity contribution in [1.82, 2.24) is 4.90 Å². The molecule has 4 heteroatoms. The molecule has 2 unspecified atom stereocenters. The first-order valence-electron chi connectivity index (χ1n) is 6.68. The second kappa shape index (κ2) is 4.84. The summed E-state index contributed by atoms with van der Waals surface area (Å²) >= 11 is 0. The smallest absolute Gasteiger partial charge is 0.193 e. The second-order valence-corrected chi connectivity index (χ2v) is 5.63. The monoisotopic (exact) mass is 242 g/mol. The summed E-state index contributed by atoms with van der Waals surface area (Å²) in [6.07, 6.45) is 5.15. The zero-order chi connectivity index (χ0) is 12.5. The van der Waals surface area contributed by atoms with Gasteiger partial charge in [0.2, 0.25) is 0 Å². The van der Waals surface area contributed by atoms with Crippen LogP contribution >= 0.6 is 0 Å². The van der Waals surface area contributed by atoms with Crippen LogP contribution in [0.2, 0.25) is 0 Å². The quantitative estimate of drug-likeness (QED) is 0.753. The number of nitrogens with two attached hydrogens (primary N) is 1. The molecule has 2 atom stereocenters. The van der Waals surface area contributed by atoms with Crippen LogP contribution in [0.1, 0.15) is 32.6 Å². The highest BCUT2D eigenvalue weighted by molar-refractivity contribution is 5.05. The van der Waals surface area contributed by atoms with Crippen molar-refractivity contribution in [2.75, 3.05) is 33.9 Å². The lowest BCUT2D eigenvalue weighted by Crippen LogP contribution is -2.74. The van der Waals surface area contributed by atoms with Crippen molar-refractivity contribution in [2.45, 2.75) is 43.9 Å². The van der Waals surface area contributed by atoms with Gasteiger partial charge >= 0.3 is 0 Å². The largest absolute Gasteiger partial charge is 0.351 e. The summed E-state index contributed by atoms with van der Waals surface area (Å²) in [7, 11) is 3.44. The van der Waals surface area contributed by atoms with Gasteiger partial charge in [0.1, 0.15) is 0 Å². The number of nitrogens with zero attached hydrogens (tertiary/aromatic N) is 1. The summed E-state index contributed by atoms with van der Waals surface area (Å²) in [6, 6.07) is 0. The van der Waals surface area contributed by atoms with Gasteiger partial charge in [0, 0.05) is 26.3 Å². The Bertz CT molecular complexity index is 260. The SMILES string of the molecule is COC1(OC)CN(C2(CN)CCCCC2C)C1. The maximum atomic E-state index is 6.09. The molecule has 100 valence electrons. The Morgan fingerprint density at radius 2 is 1.88 bits per heavy atom. The van der Waals surface area contributed by atoms with Gasteiger partial charge in [-0.2, -0.15) is 0 Å². The van der Waals surface area contributed by atoms with E-state index in [-0.39, 0.29) is 11.3 Å². The molecule has 0 aromatic carbocycles. The Kier molecular flexibility index (Phi) is 3.78. The van der Waals surface area contributed by atoms with E-state index in [1.54, 1.807) is 14.2 Å². The van der Waals surface area contributed by atoms with Gasteiger partial charge in [0.25, 0.3) is 0 Å². The van der Waals surface area contributed by atoms with E-state index in [2.05, 4.69) is 11.8 Å². The van der Waals surface area contributed by atoms with Crippen molar-refractivity contribution < 1.29 is 9.47 Å². The minimum absolute atomic E-state index is 0.179. The van der Waals surface area contributed by atoms with Gasteiger partial charge in [-0.15, -0.1) is 0 Å². The maximum Gasteiger partial charge on any atom is 0.193 e. The van der Waals surface area contributed by atoms with Gasteiger partial charge in [-0.25, -0.2) is 0 Å². The lowest BCUT2D eigenvalue weighted by Gasteiger charge is -2.59. The van der Waals surface area contributed by atoms with Crippen LogP contribution in [0.4, 0.5) is 0 Å². The molecule has 0 bridgehead atoms. The van der Waals surface area contributed by atoms with Crippen molar-refractivity contribution in [3.63, 3.8) is 0 Å². The number of ether oxygens (including phenoxy) is 2. The first kappa shape index (κ1) is 13.3. The van der Waals surface area contributed by atoms with Crippen LogP contribution in [0.3, 0.4) is 0 Å². The topological polar surface area (TPSA) is 47.7 Å². The van der Waals surface area contributed by atoms with Gasteiger partial charge in [0.15, 0.2) is 5.79 Å². The first-order valence-corrected chi connectivity index (χ1v) is 6.68. The maximum absolute atomic E-state index is 6.09. The van der Waals surface area contributed by atoms with E-state index in [1.807, 2.05) is 0 Å². The molecular formula is C13H26N2O2. The summed E-state index contributed by atoms with van der Waals surface area (Å²) in [6.45, 7) is 4.78. The van der Waals surface area contributed by atoms with E-state index < -0.39 is 0 Å². The average molecular weight is 242 g/mol. The average Bonchev–Trinajstić information content (AvgIpc) is 2.31. The highest BCUT2D eigenvalue weighted by Crippen LogP contribution is 2.43. The Labute approximate surface area is 104 Å². The van der Waals surface area contributed by atoms with Gasteiger partial charge < -0.3 is 15.2 Å². The minimum atomic E-state index is -0.390. The summed E-state index contributed by atoms with van der Waals surface area (Å²) in [4.78, 5) is 2.48. The summed E-state index contributed by atoms with van der Waals surface area (Å²) in [5.41, 5.74) is 6.27. The third kappa shape index (κ3) is 2.01. The molecule has 2 N–H and O–H groups in total. The number of hydrogen-bond donors (Lipinski definition) is 1. The molecule has 1 saturated heterocycles. The number of rotatable bonds is 4. The molecule has 0 spiro atoms. The molecule has 1 saturated carbocycles. The zero-order valence-electron chi connectivity index (χ0n) is 11.4. The molecule has 4 nitrogen and oxygen atoms in total. The van der Waals surface area contributed by atoms with Gasteiger partial charge in [-0.1, -0.05) is 19.8 Å². The Hall–Kier alpha value is -0.160. The molecule has 2 rings (SSSR count). The van der Waals surface area contributed by atoms with Crippen LogP contribution in [-0.2, 0) is 9.47 Å². The van der Waals surface area contributed by atoms with Gasteiger partial charge in [-0.3, -0.25) is 4.90 Å². The molecule has 0 aromatic rings. The Morgan fingerprint density at radius 1 is 1.24 bits per heavy atom. The number of hydrogen-bond acceptors (Lipinski definition) is 4. The molecule has 1 aliphatic carbocycles. The van der Waals surface area contributed by atoms with E-state index in [4.69, 9.17) is 15.2 Å². The molecule has 2 fully saturated rings. The van der Waals surface area contributed by atoms with Crippen molar-refractivity contribution in [2.24, 2.45) is 11.7 Å². The van der Waals surface area contributed by atoms with E-state index in [0.29, 0.717) is 5.92 Å². The first-order chi connectivity index (χ1) is 8.12. The van der Waals surface area contributed by atoms with Crippen molar-refractivity contribution >= 4 is 0 Å². The lowest BCUT2D eigenvalue weighted by molar-refractivity contribution is -0.297. The molecule has 0 radical (unpaired) electrons. The fraction of sp³-hybridized carbons (Fsp3) is 1.00. The minimum Gasteiger partial charge on any atom is -0.351 e. The van der Waals surface area contributed by atoms with Crippen LogP contribution in [0.15, 0.2) is 0 Å². The van der Waals surface area contributed by atoms with Crippen molar-refractivity contribution in [3.8, 4) is 0 Å². The molecular weight excluding hydrogens is 216 g/mol. The standard InChI is InChI=1S/C13H26N2O2/c1-11-6-4-5-7-12(11,8-14)15-9-13(10-15,16-2)17-3/h11H,4-10,14H2,1-3H3.